The monoisotopic (exact) mass is 615 g/mol. The van der Waals surface area contributed by atoms with Gasteiger partial charge in [-0.15, -0.1) is 0 Å². The number of nitrogens with zero attached hydrogens (tertiary/aromatic N) is 2. The van der Waals surface area contributed by atoms with Gasteiger partial charge in [0, 0.05) is 29.1 Å². The van der Waals surface area contributed by atoms with Crippen molar-refractivity contribution in [3.63, 3.8) is 0 Å². The van der Waals surface area contributed by atoms with Gasteiger partial charge in [-0.25, -0.2) is 8.42 Å². The van der Waals surface area contributed by atoms with Gasteiger partial charge in [-0.3, -0.25) is 13.9 Å². The fourth-order valence-electron chi connectivity index (χ4n) is 5.19. The Morgan fingerprint density at radius 2 is 1.63 bits per heavy atom. The van der Waals surface area contributed by atoms with Crippen LogP contribution in [-0.4, -0.2) is 50.0 Å². The lowest BCUT2D eigenvalue weighted by Crippen LogP contribution is -2.54. The van der Waals surface area contributed by atoms with Crippen LogP contribution in [0.15, 0.2) is 72.8 Å². The lowest BCUT2D eigenvalue weighted by Gasteiger charge is -2.34. The Labute approximate surface area is 252 Å². The van der Waals surface area contributed by atoms with Crippen molar-refractivity contribution in [3.8, 4) is 0 Å². The molecule has 0 heterocycles. The highest BCUT2D eigenvalue weighted by Gasteiger charge is 2.34. The van der Waals surface area contributed by atoms with Gasteiger partial charge in [0.1, 0.15) is 12.6 Å². The molecule has 0 unspecified atom stereocenters. The summed E-state index contributed by atoms with van der Waals surface area (Å²) in [6.45, 7) is 1.31. The number of halogens is 2. The topological polar surface area (TPSA) is 86.8 Å². The molecule has 0 bridgehead atoms. The third-order valence-electron chi connectivity index (χ3n) is 7.39. The van der Waals surface area contributed by atoms with Crippen molar-refractivity contribution < 1.29 is 18.0 Å². The molecule has 0 spiro atoms. The Balaban J connectivity index is 1.75. The molecule has 1 aliphatic carbocycles. The second-order valence-corrected chi connectivity index (χ2v) is 13.3. The van der Waals surface area contributed by atoms with Crippen LogP contribution in [0.25, 0.3) is 0 Å². The van der Waals surface area contributed by atoms with E-state index in [1.165, 1.54) is 4.90 Å². The maximum Gasteiger partial charge on any atom is 0.244 e. The van der Waals surface area contributed by atoms with Gasteiger partial charge >= 0.3 is 0 Å². The number of aryl methyl sites for hydroxylation is 1. The van der Waals surface area contributed by atoms with Crippen LogP contribution in [0.2, 0.25) is 10.0 Å². The Morgan fingerprint density at radius 1 is 0.976 bits per heavy atom. The summed E-state index contributed by atoms with van der Waals surface area (Å²) in [5, 5.41) is 3.94. The second kappa shape index (κ2) is 13.7. The summed E-state index contributed by atoms with van der Waals surface area (Å²) < 4.78 is 27.0. The van der Waals surface area contributed by atoms with E-state index < -0.39 is 28.5 Å². The number of carbonyl (C=O) groups is 2. The first-order valence-corrected chi connectivity index (χ1v) is 16.2. The van der Waals surface area contributed by atoms with Gasteiger partial charge in [0.25, 0.3) is 0 Å². The molecule has 1 saturated carbocycles. The molecule has 3 aromatic carbocycles. The van der Waals surface area contributed by atoms with Crippen LogP contribution < -0.4 is 9.62 Å². The van der Waals surface area contributed by atoms with Crippen molar-refractivity contribution in [1.82, 2.24) is 10.2 Å². The predicted octanol–water partition coefficient (Wildman–Crippen LogP) is 5.77. The maximum absolute atomic E-state index is 14.2. The van der Waals surface area contributed by atoms with Crippen molar-refractivity contribution in [2.45, 2.75) is 57.7 Å². The lowest BCUT2D eigenvalue weighted by atomic mass is 10.0. The van der Waals surface area contributed by atoms with E-state index in [-0.39, 0.29) is 24.9 Å². The maximum atomic E-state index is 14.2. The first kappa shape index (κ1) is 30.9. The molecule has 218 valence electrons. The number of para-hydroxylation sites is 1. The predicted molar refractivity (Wildman–Crippen MR) is 165 cm³/mol. The van der Waals surface area contributed by atoms with E-state index in [0.29, 0.717) is 26.9 Å². The van der Waals surface area contributed by atoms with Gasteiger partial charge in [0.2, 0.25) is 21.8 Å². The van der Waals surface area contributed by atoms with Crippen molar-refractivity contribution in [2.24, 2.45) is 0 Å². The summed E-state index contributed by atoms with van der Waals surface area (Å²) in [6, 6.07) is 20.6. The molecule has 4 rings (SSSR count). The number of carbonyl (C=O) groups excluding carboxylic acids is 2. The Kier molecular flexibility index (Phi) is 10.3. The van der Waals surface area contributed by atoms with Crippen molar-refractivity contribution in [3.05, 3.63) is 99.5 Å². The van der Waals surface area contributed by atoms with Crippen LogP contribution in [0.4, 0.5) is 5.69 Å². The van der Waals surface area contributed by atoms with Gasteiger partial charge in [-0.2, -0.15) is 0 Å². The van der Waals surface area contributed by atoms with E-state index in [1.807, 2.05) is 30.3 Å². The minimum absolute atomic E-state index is 0.00417. The summed E-state index contributed by atoms with van der Waals surface area (Å²) in [5.74, 6) is -0.798. The highest BCUT2D eigenvalue weighted by atomic mass is 35.5. The fraction of sp³-hybridized carbons (Fsp3) is 0.355. The highest BCUT2D eigenvalue weighted by molar-refractivity contribution is 7.92. The molecule has 2 amide bonds. The molecule has 0 aromatic heterocycles. The first-order chi connectivity index (χ1) is 19.5. The first-order valence-electron chi connectivity index (χ1n) is 13.6. The number of sulfonamides is 1. The zero-order chi connectivity index (χ0) is 29.6. The highest BCUT2D eigenvalue weighted by Crippen LogP contribution is 2.27. The van der Waals surface area contributed by atoms with Crippen LogP contribution in [0.3, 0.4) is 0 Å². The van der Waals surface area contributed by atoms with Crippen molar-refractivity contribution >= 4 is 50.7 Å². The van der Waals surface area contributed by atoms with E-state index in [2.05, 4.69) is 5.32 Å². The normalized spacial score (nSPS) is 14.4. The average molecular weight is 617 g/mol. The minimum atomic E-state index is -3.84. The third-order valence-corrected chi connectivity index (χ3v) is 9.11. The van der Waals surface area contributed by atoms with Crippen molar-refractivity contribution in [1.29, 1.82) is 0 Å². The van der Waals surface area contributed by atoms with E-state index >= 15 is 0 Å². The lowest BCUT2D eigenvalue weighted by molar-refractivity contribution is -0.140. The van der Waals surface area contributed by atoms with Gasteiger partial charge in [-0.1, -0.05) is 90.6 Å². The molecule has 41 heavy (non-hydrogen) atoms. The number of amides is 2. The summed E-state index contributed by atoms with van der Waals surface area (Å²) in [5.41, 5.74) is 2.58. The molecule has 1 aliphatic rings. The molecule has 1 atom stereocenters. The van der Waals surface area contributed by atoms with Gasteiger partial charge in [0.05, 0.1) is 11.9 Å². The van der Waals surface area contributed by atoms with Gasteiger partial charge < -0.3 is 10.2 Å². The van der Waals surface area contributed by atoms with Crippen molar-refractivity contribution in [2.75, 3.05) is 17.1 Å². The number of anilines is 1. The third kappa shape index (κ3) is 8.24. The Morgan fingerprint density at radius 3 is 2.27 bits per heavy atom. The van der Waals surface area contributed by atoms with E-state index in [0.717, 1.165) is 41.8 Å². The van der Waals surface area contributed by atoms with Crippen LogP contribution >= 0.6 is 23.2 Å². The Bertz CT molecular complexity index is 1480. The van der Waals surface area contributed by atoms with E-state index in [1.54, 1.807) is 49.4 Å². The zero-order valence-corrected chi connectivity index (χ0v) is 25.6. The molecule has 10 heteroatoms. The zero-order valence-electron chi connectivity index (χ0n) is 23.2. The summed E-state index contributed by atoms with van der Waals surface area (Å²) in [6.07, 6.45) is 5.17. The SMILES string of the molecule is Cc1ccccc1N(CC(=O)N(Cc1ccc(Cl)cc1Cl)[C@H](Cc1ccccc1)C(=O)NC1CCCC1)S(C)(=O)=O. The Hall–Kier alpha value is -3.07. The minimum Gasteiger partial charge on any atom is -0.352 e. The van der Waals surface area contributed by atoms with Crippen LogP contribution in [-0.2, 0) is 32.6 Å². The molecular weight excluding hydrogens is 581 g/mol. The molecular formula is C31H35Cl2N3O4S. The summed E-state index contributed by atoms with van der Waals surface area (Å²) >= 11 is 12.7. The van der Waals surface area contributed by atoms with Crippen LogP contribution in [0.1, 0.15) is 42.4 Å². The number of benzene rings is 3. The average Bonchev–Trinajstić information content (AvgIpc) is 3.43. The molecule has 0 aliphatic heterocycles. The largest absolute Gasteiger partial charge is 0.352 e. The second-order valence-electron chi connectivity index (χ2n) is 10.5. The number of hydrogen-bond acceptors (Lipinski definition) is 4. The molecule has 3 aromatic rings. The number of hydrogen-bond donors (Lipinski definition) is 1. The van der Waals surface area contributed by atoms with Gasteiger partial charge in [0.15, 0.2) is 0 Å². The van der Waals surface area contributed by atoms with E-state index in [9.17, 15) is 18.0 Å². The van der Waals surface area contributed by atoms with Gasteiger partial charge in [-0.05, 0) is 54.7 Å². The molecule has 7 nitrogen and oxygen atoms in total. The molecule has 1 N–H and O–H groups in total. The quantitative estimate of drug-likeness (QED) is 0.297. The molecule has 0 saturated heterocycles. The summed E-state index contributed by atoms with van der Waals surface area (Å²) in [7, 11) is -3.84. The smallest absolute Gasteiger partial charge is 0.244 e. The van der Waals surface area contributed by atoms with E-state index in [4.69, 9.17) is 23.2 Å². The fourth-order valence-corrected chi connectivity index (χ4v) is 6.57. The standard InChI is InChI=1S/C31H35Cl2N3O4S/c1-22-10-6-9-15-28(22)36(41(2,39)40)21-30(37)35(20-24-16-17-25(32)19-27(24)33)29(18-23-11-4-3-5-12-23)31(38)34-26-13-7-8-14-26/h3-6,9-12,15-17,19,26,29H,7-8,13-14,18,20-21H2,1-2H3,(H,34,38)/t29-/m1/s1. The number of rotatable bonds is 11. The molecule has 1 fully saturated rings. The number of nitrogens with one attached hydrogen (secondary N) is 1. The summed E-state index contributed by atoms with van der Waals surface area (Å²) in [4.78, 5) is 29.6. The van der Waals surface area contributed by atoms with Crippen LogP contribution in [0, 0.1) is 6.92 Å². The molecule has 0 radical (unpaired) electrons. The van der Waals surface area contributed by atoms with Crippen LogP contribution in [0.5, 0.6) is 0 Å².